The van der Waals surface area contributed by atoms with E-state index in [9.17, 15) is 9.59 Å². The first-order chi connectivity index (χ1) is 12.6. The maximum Gasteiger partial charge on any atom is 0.337 e. The van der Waals surface area contributed by atoms with E-state index in [1.807, 2.05) is 30.3 Å². The molecule has 2 N–H and O–H groups in total. The molecule has 3 rings (SSSR count). The van der Waals surface area contributed by atoms with E-state index in [1.165, 1.54) is 19.1 Å². The minimum atomic E-state index is -0.367. The fraction of sp³-hybridized carbons (Fsp3) is 0.333. The molecule has 0 atom stereocenters. The molecule has 1 aliphatic rings. The summed E-state index contributed by atoms with van der Waals surface area (Å²) in [6.07, 6.45) is 3.41. The number of methoxy groups -OCH3 is 1. The predicted octanol–water partition coefficient (Wildman–Crippen LogP) is 3.39. The molecule has 0 heterocycles. The third-order valence-corrected chi connectivity index (χ3v) is 5.11. The fourth-order valence-corrected chi connectivity index (χ4v) is 3.33. The topological polar surface area (TPSA) is 67.4 Å². The van der Waals surface area contributed by atoms with Crippen LogP contribution in [0.3, 0.4) is 0 Å². The minimum absolute atomic E-state index is 0.0702. The first-order valence-electron chi connectivity index (χ1n) is 8.87. The highest BCUT2D eigenvalue weighted by atomic mass is 16.5. The lowest BCUT2D eigenvalue weighted by atomic mass is 9.64. The van der Waals surface area contributed by atoms with Crippen LogP contribution in [0.2, 0.25) is 0 Å². The number of amides is 2. The molecule has 0 bridgehead atoms. The normalized spacial score (nSPS) is 14.8. The summed E-state index contributed by atoms with van der Waals surface area (Å²) in [7, 11) is 1.35. The number of urea groups is 1. The van der Waals surface area contributed by atoms with E-state index in [0.717, 1.165) is 18.4 Å². The number of hydrogen-bond acceptors (Lipinski definition) is 3. The lowest BCUT2D eigenvalue weighted by Crippen LogP contribution is -2.48. The quantitative estimate of drug-likeness (QED) is 0.783. The molecule has 2 amide bonds. The zero-order chi connectivity index (χ0) is 18.4. The van der Waals surface area contributed by atoms with Crippen molar-refractivity contribution in [3.8, 4) is 0 Å². The molecule has 2 aromatic carbocycles. The van der Waals surface area contributed by atoms with Crippen LogP contribution in [0.15, 0.2) is 54.6 Å². The largest absolute Gasteiger partial charge is 0.465 e. The second kappa shape index (κ2) is 8.04. The molecule has 5 heteroatoms. The molecule has 0 aromatic heterocycles. The second-order valence-electron chi connectivity index (χ2n) is 6.72. The summed E-state index contributed by atoms with van der Waals surface area (Å²) >= 11 is 0. The molecule has 0 radical (unpaired) electrons. The van der Waals surface area contributed by atoms with Crippen LogP contribution < -0.4 is 10.6 Å². The number of benzene rings is 2. The third kappa shape index (κ3) is 4.04. The number of ether oxygens (including phenoxy) is 1. The Hall–Kier alpha value is -2.82. The molecule has 0 saturated heterocycles. The summed E-state index contributed by atoms with van der Waals surface area (Å²) in [5.74, 6) is -0.367. The highest BCUT2D eigenvalue weighted by Crippen LogP contribution is 2.43. The predicted molar refractivity (Wildman–Crippen MR) is 100.0 cm³/mol. The standard InChI is InChI=1S/C21H24N2O3/c1-26-19(24)17-10-8-16(9-11-17)14-22-20(25)23-15-21(12-5-13-21)18-6-3-2-4-7-18/h2-4,6-11H,5,12-15H2,1H3,(H2,22,23,25). The molecular weight excluding hydrogens is 328 g/mol. The number of nitrogens with one attached hydrogen (secondary N) is 2. The van der Waals surface area contributed by atoms with E-state index in [0.29, 0.717) is 18.7 Å². The number of carbonyl (C=O) groups excluding carboxylic acids is 2. The van der Waals surface area contributed by atoms with Gasteiger partial charge in [0, 0.05) is 18.5 Å². The third-order valence-electron chi connectivity index (χ3n) is 5.11. The Labute approximate surface area is 153 Å². The second-order valence-corrected chi connectivity index (χ2v) is 6.72. The van der Waals surface area contributed by atoms with E-state index in [4.69, 9.17) is 0 Å². The molecule has 2 aromatic rings. The van der Waals surface area contributed by atoms with Gasteiger partial charge < -0.3 is 15.4 Å². The molecule has 136 valence electrons. The zero-order valence-corrected chi connectivity index (χ0v) is 15.0. The van der Waals surface area contributed by atoms with E-state index in [1.54, 1.807) is 12.1 Å². The van der Waals surface area contributed by atoms with Gasteiger partial charge in [-0.25, -0.2) is 9.59 Å². The Morgan fingerprint density at radius 3 is 2.27 bits per heavy atom. The van der Waals surface area contributed by atoms with Gasteiger partial charge in [-0.05, 0) is 36.1 Å². The van der Waals surface area contributed by atoms with Gasteiger partial charge in [0.05, 0.1) is 12.7 Å². The van der Waals surface area contributed by atoms with Crippen molar-refractivity contribution in [2.45, 2.75) is 31.2 Å². The zero-order valence-electron chi connectivity index (χ0n) is 15.0. The van der Waals surface area contributed by atoms with E-state index in [2.05, 4.69) is 27.5 Å². The van der Waals surface area contributed by atoms with Crippen molar-refractivity contribution in [3.05, 3.63) is 71.3 Å². The Bertz CT molecular complexity index is 753. The van der Waals surface area contributed by atoms with E-state index < -0.39 is 0 Å². The van der Waals surface area contributed by atoms with Crippen LogP contribution in [0.1, 0.15) is 40.7 Å². The summed E-state index contributed by atoms with van der Waals surface area (Å²) in [6, 6.07) is 17.2. The molecule has 1 fully saturated rings. The molecule has 1 aliphatic carbocycles. The average Bonchev–Trinajstić information content (AvgIpc) is 2.66. The molecule has 0 spiro atoms. The van der Waals surface area contributed by atoms with E-state index >= 15 is 0 Å². The Kier molecular flexibility index (Phi) is 5.56. The Morgan fingerprint density at radius 2 is 1.69 bits per heavy atom. The van der Waals surface area contributed by atoms with Crippen molar-refractivity contribution in [1.29, 1.82) is 0 Å². The van der Waals surface area contributed by atoms with Crippen molar-refractivity contribution in [1.82, 2.24) is 10.6 Å². The summed E-state index contributed by atoms with van der Waals surface area (Å²) in [5.41, 5.74) is 2.79. The average molecular weight is 352 g/mol. The molecular formula is C21H24N2O3. The van der Waals surface area contributed by atoms with Crippen LogP contribution in [-0.2, 0) is 16.7 Å². The monoisotopic (exact) mass is 352 g/mol. The summed E-state index contributed by atoms with van der Waals surface area (Å²) < 4.78 is 4.67. The minimum Gasteiger partial charge on any atom is -0.465 e. The molecule has 26 heavy (non-hydrogen) atoms. The van der Waals surface area contributed by atoms with Gasteiger partial charge in [0.15, 0.2) is 0 Å². The van der Waals surface area contributed by atoms with Gasteiger partial charge in [-0.1, -0.05) is 48.9 Å². The SMILES string of the molecule is COC(=O)c1ccc(CNC(=O)NCC2(c3ccccc3)CCC2)cc1. The van der Waals surface area contributed by atoms with Crippen molar-refractivity contribution in [2.24, 2.45) is 0 Å². The van der Waals surface area contributed by atoms with Crippen molar-refractivity contribution >= 4 is 12.0 Å². The summed E-state index contributed by atoms with van der Waals surface area (Å²) in [5, 5.41) is 5.88. The van der Waals surface area contributed by atoms with Crippen LogP contribution in [0.5, 0.6) is 0 Å². The number of esters is 1. The Balaban J connectivity index is 1.49. The molecule has 1 saturated carbocycles. The maximum absolute atomic E-state index is 12.2. The van der Waals surface area contributed by atoms with Crippen LogP contribution in [0, 0.1) is 0 Å². The Morgan fingerprint density at radius 1 is 1.00 bits per heavy atom. The van der Waals surface area contributed by atoms with E-state index in [-0.39, 0.29) is 17.4 Å². The van der Waals surface area contributed by atoms with Crippen LogP contribution in [0.4, 0.5) is 4.79 Å². The lowest BCUT2D eigenvalue weighted by molar-refractivity contribution is 0.0600. The fourth-order valence-electron chi connectivity index (χ4n) is 3.33. The molecule has 5 nitrogen and oxygen atoms in total. The van der Waals surface area contributed by atoms with Gasteiger partial charge in [0.25, 0.3) is 0 Å². The van der Waals surface area contributed by atoms with Gasteiger partial charge >= 0.3 is 12.0 Å². The number of carbonyl (C=O) groups is 2. The number of hydrogen-bond donors (Lipinski definition) is 2. The van der Waals surface area contributed by atoms with Crippen LogP contribution in [-0.4, -0.2) is 25.7 Å². The first kappa shape index (κ1) is 18.0. The lowest BCUT2D eigenvalue weighted by Gasteiger charge is -2.42. The van der Waals surface area contributed by atoms with Gasteiger partial charge in [-0.3, -0.25) is 0 Å². The first-order valence-corrected chi connectivity index (χ1v) is 8.87. The van der Waals surface area contributed by atoms with Gasteiger partial charge in [0.1, 0.15) is 0 Å². The molecule has 0 unspecified atom stereocenters. The van der Waals surface area contributed by atoms with Gasteiger partial charge in [0.2, 0.25) is 0 Å². The highest BCUT2D eigenvalue weighted by Gasteiger charge is 2.38. The summed E-state index contributed by atoms with van der Waals surface area (Å²) in [4.78, 5) is 23.6. The smallest absolute Gasteiger partial charge is 0.337 e. The van der Waals surface area contributed by atoms with Crippen molar-refractivity contribution < 1.29 is 14.3 Å². The highest BCUT2D eigenvalue weighted by molar-refractivity contribution is 5.89. The van der Waals surface area contributed by atoms with Gasteiger partial charge in [-0.2, -0.15) is 0 Å². The maximum atomic E-state index is 12.2. The van der Waals surface area contributed by atoms with Crippen molar-refractivity contribution in [3.63, 3.8) is 0 Å². The number of rotatable bonds is 6. The van der Waals surface area contributed by atoms with Gasteiger partial charge in [-0.15, -0.1) is 0 Å². The summed E-state index contributed by atoms with van der Waals surface area (Å²) in [6.45, 7) is 1.05. The molecule has 0 aliphatic heterocycles. The van der Waals surface area contributed by atoms with Crippen LogP contribution >= 0.6 is 0 Å². The van der Waals surface area contributed by atoms with Crippen LogP contribution in [0.25, 0.3) is 0 Å². The van der Waals surface area contributed by atoms with Crippen molar-refractivity contribution in [2.75, 3.05) is 13.7 Å².